The molecule has 198 valence electrons. The number of imide groups is 1. The van der Waals surface area contributed by atoms with E-state index in [9.17, 15) is 9.59 Å². The molecule has 0 spiro atoms. The van der Waals surface area contributed by atoms with Crippen LogP contribution in [-0.4, -0.2) is 18.0 Å². The minimum absolute atomic E-state index is 0.128. The van der Waals surface area contributed by atoms with Crippen LogP contribution in [-0.2, 0) is 21.4 Å². The third kappa shape index (κ3) is 3.13. The number of hydrogen-bond acceptors (Lipinski definition) is 3. The normalized spacial score (nSPS) is 24.1. The highest BCUT2D eigenvalue weighted by Crippen LogP contribution is 2.64. The molecule has 1 aliphatic heterocycles. The van der Waals surface area contributed by atoms with Gasteiger partial charge in [-0.25, -0.2) is 4.90 Å². The molecule has 1 fully saturated rings. The third-order valence-electron chi connectivity index (χ3n) is 9.47. The minimum atomic E-state index is -0.875. The number of nitrogens with zero attached hydrogens (tertiary/aromatic N) is 2. The first-order chi connectivity index (χ1) is 20.1. The Morgan fingerprint density at radius 3 is 2.12 bits per heavy atom. The van der Waals surface area contributed by atoms with Gasteiger partial charge in [0.05, 0.1) is 28.6 Å². The lowest BCUT2D eigenvalue weighted by molar-refractivity contribution is -0.122. The highest BCUT2D eigenvalue weighted by atomic mass is 16.2. The third-order valence-corrected chi connectivity index (χ3v) is 9.47. The number of hydrogen-bond donors (Lipinski definition) is 0. The van der Waals surface area contributed by atoms with Crippen molar-refractivity contribution in [2.45, 2.75) is 24.7 Å². The maximum atomic E-state index is 14.8. The van der Waals surface area contributed by atoms with Gasteiger partial charge in [-0.3, -0.25) is 14.6 Å². The van der Waals surface area contributed by atoms with Gasteiger partial charge in [-0.05, 0) is 51.8 Å². The van der Waals surface area contributed by atoms with Gasteiger partial charge >= 0.3 is 0 Å². The van der Waals surface area contributed by atoms with E-state index < -0.39 is 17.3 Å². The van der Waals surface area contributed by atoms with Crippen molar-refractivity contribution >= 4 is 40.2 Å². The van der Waals surface area contributed by atoms with E-state index in [0.717, 1.165) is 50.7 Å². The van der Waals surface area contributed by atoms with Crippen molar-refractivity contribution in [1.29, 1.82) is 0 Å². The zero-order valence-corrected chi connectivity index (χ0v) is 22.7. The van der Waals surface area contributed by atoms with Crippen LogP contribution < -0.4 is 4.90 Å². The fourth-order valence-electron chi connectivity index (χ4n) is 7.80. The van der Waals surface area contributed by atoms with Crippen molar-refractivity contribution in [2.24, 2.45) is 16.8 Å². The van der Waals surface area contributed by atoms with E-state index in [-0.39, 0.29) is 17.7 Å². The summed E-state index contributed by atoms with van der Waals surface area (Å²) in [4.78, 5) is 36.0. The number of carbonyl (C=O) groups is 2. The molecule has 1 saturated heterocycles. The van der Waals surface area contributed by atoms with Crippen LogP contribution >= 0.6 is 0 Å². The summed E-state index contributed by atoms with van der Waals surface area (Å²) in [7, 11) is 0. The lowest BCUT2D eigenvalue weighted by Gasteiger charge is -2.52. The first-order valence-electron chi connectivity index (χ1n) is 14.3. The molecule has 41 heavy (non-hydrogen) atoms. The average molecular weight is 533 g/mol. The van der Waals surface area contributed by atoms with Crippen LogP contribution in [0.5, 0.6) is 0 Å². The first kappa shape index (κ1) is 24.0. The molecule has 1 heterocycles. The van der Waals surface area contributed by atoms with Crippen molar-refractivity contribution in [3.05, 3.63) is 143 Å². The van der Waals surface area contributed by atoms with E-state index >= 15 is 0 Å². The molecule has 0 radical (unpaired) electrons. The summed E-state index contributed by atoms with van der Waals surface area (Å²) >= 11 is 0. The summed E-state index contributed by atoms with van der Waals surface area (Å²) in [6.45, 7) is 2.13. The molecule has 2 atom stereocenters. The average Bonchev–Trinajstić information content (AvgIpc) is 3.30. The Morgan fingerprint density at radius 2 is 1.37 bits per heavy atom. The van der Waals surface area contributed by atoms with Crippen molar-refractivity contribution in [1.82, 2.24) is 0 Å². The van der Waals surface area contributed by atoms with Crippen LogP contribution in [0.2, 0.25) is 0 Å². The molecule has 2 amide bonds. The maximum absolute atomic E-state index is 14.8. The van der Waals surface area contributed by atoms with Crippen LogP contribution in [0, 0.1) is 11.8 Å². The predicted molar refractivity (Wildman–Crippen MR) is 163 cm³/mol. The molecular formula is C37H28N2O2. The number of aliphatic imine (C=N–C) groups is 1. The van der Waals surface area contributed by atoms with Gasteiger partial charge in [0.2, 0.25) is 11.8 Å². The van der Waals surface area contributed by atoms with Gasteiger partial charge in [0.25, 0.3) is 0 Å². The van der Waals surface area contributed by atoms with Crippen molar-refractivity contribution in [2.75, 3.05) is 4.90 Å². The Labute approximate surface area is 239 Å². The van der Waals surface area contributed by atoms with Gasteiger partial charge < -0.3 is 0 Å². The van der Waals surface area contributed by atoms with Crippen molar-refractivity contribution in [3.8, 4) is 0 Å². The molecule has 9 rings (SSSR count). The van der Waals surface area contributed by atoms with E-state index in [1.807, 2.05) is 91.1 Å². The molecule has 0 aromatic heterocycles. The topological polar surface area (TPSA) is 49.7 Å². The number of anilines is 1. The number of aryl methyl sites for hydroxylation is 1. The molecule has 4 heteroatoms. The Bertz CT molecular complexity index is 1870. The molecular weight excluding hydrogens is 504 g/mol. The second-order valence-electron chi connectivity index (χ2n) is 11.3. The Balaban J connectivity index is 1.40. The van der Waals surface area contributed by atoms with E-state index in [4.69, 9.17) is 4.99 Å². The zero-order valence-electron chi connectivity index (χ0n) is 22.7. The zero-order chi connectivity index (χ0) is 27.7. The minimum Gasteiger partial charge on any atom is -0.274 e. The van der Waals surface area contributed by atoms with E-state index in [1.165, 1.54) is 4.90 Å². The quantitative estimate of drug-likeness (QED) is 0.179. The smallest absolute Gasteiger partial charge is 0.239 e. The second kappa shape index (κ2) is 8.84. The summed E-state index contributed by atoms with van der Waals surface area (Å²) in [5.74, 6) is -1.58. The fraction of sp³-hybridized carbons (Fsp3) is 0.162. The summed E-state index contributed by atoms with van der Waals surface area (Å²) in [6.07, 6.45) is 2.85. The number of amides is 2. The number of fused-ring (bicyclic) bond motifs is 1. The number of rotatable bonds is 4. The largest absolute Gasteiger partial charge is 0.274 e. The monoisotopic (exact) mass is 532 g/mol. The van der Waals surface area contributed by atoms with Gasteiger partial charge in [0, 0.05) is 17.5 Å². The lowest BCUT2D eigenvalue weighted by Crippen LogP contribution is -2.54. The number of para-hydroxylation sites is 1. The van der Waals surface area contributed by atoms with Gasteiger partial charge in [-0.1, -0.05) is 110 Å². The fourth-order valence-corrected chi connectivity index (χ4v) is 7.80. The first-order valence-corrected chi connectivity index (χ1v) is 14.3. The van der Waals surface area contributed by atoms with Gasteiger partial charge in [-0.2, -0.15) is 0 Å². The highest BCUT2D eigenvalue weighted by Gasteiger charge is 2.68. The Kier molecular flexibility index (Phi) is 5.17. The Morgan fingerprint density at radius 1 is 0.732 bits per heavy atom. The summed E-state index contributed by atoms with van der Waals surface area (Å²) < 4.78 is 0. The van der Waals surface area contributed by atoms with Crippen molar-refractivity contribution in [3.63, 3.8) is 0 Å². The van der Waals surface area contributed by atoms with Gasteiger partial charge in [0.1, 0.15) is 0 Å². The summed E-state index contributed by atoms with van der Waals surface area (Å²) in [6, 6.07) is 38.6. The van der Waals surface area contributed by atoms with E-state index in [2.05, 4.69) is 37.3 Å². The standard InChI is InChI=1S/C37H28N2O2/c1-2-23-12-4-10-20-30(23)38-22-37-28-18-8-6-16-26(28)32(27-17-7-9-19-29(27)37)33-34(37)36(41)39(35(33)40)31-21-11-14-24-13-3-5-15-25(24)31/h3-22,32-34H,2H2,1H3/t32?,33-,34+,37?/m1/s1. The number of benzene rings is 5. The van der Waals surface area contributed by atoms with Gasteiger partial charge in [-0.15, -0.1) is 0 Å². The van der Waals surface area contributed by atoms with E-state index in [1.54, 1.807) is 0 Å². The van der Waals surface area contributed by atoms with Crippen LogP contribution in [0.3, 0.4) is 0 Å². The molecule has 4 aliphatic rings. The second-order valence-corrected chi connectivity index (χ2v) is 11.3. The molecule has 3 aliphatic carbocycles. The molecule has 2 bridgehead atoms. The molecule has 0 saturated carbocycles. The summed E-state index contributed by atoms with van der Waals surface area (Å²) in [5, 5.41) is 1.90. The van der Waals surface area contributed by atoms with Crippen LogP contribution in [0.1, 0.15) is 40.7 Å². The van der Waals surface area contributed by atoms with E-state index in [0.29, 0.717) is 5.69 Å². The highest BCUT2D eigenvalue weighted by molar-refractivity contribution is 6.27. The SMILES string of the molecule is CCc1ccccc1N=CC12c3ccccc3C(c3ccccc31)[C@H]1C(=O)N(c3cccc4ccccc34)C(=O)[C@H]12. The predicted octanol–water partition coefficient (Wildman–Crippen LogP) is 7.36. The van der Waals surface area contributed by atoms with Crippen LogP contribution in [0.15, 0.2) is 120 Å². The van der Waals surface area contributed by atoms with Crippen molar-refractivity contribution < 1.29 is 9.59 Å². The van der Waals surface area contributed by atoms with Gasteiger partial charge in [0.15, 0.2) is 0 Å². The molecule has 5 aromatic carbocycles. The summed E-state index contributed by atoms with van der Waals surface area (Å²) in [5.41, 5.74) is 6.20. The molecule has 4 nitrogen and oxygen atoms in total. The molecule has 0 unspecified atom stereocenters. The van der Waals surface area contributed by atoms with Crippen LogP contribution in [0.25, 0.3) is 10.8 Å². The molecule has 0 N–H and O–H groups in total. The number of carbonyl (C=O) groups excluding carboxylic acids is 2. The maximum Gasteiger partial charge on any atom is 0.239 e. The van der Waals surface area contributed by atoms with Crippen LogP contribution in [0.4, 0.5) is 11.4 Å². The lowest BCUT2D eigenvalue weighted by atomic mass is 9.47. The Hall–Kier alpha value is -4.83. The molecule has 5 aromatic rings.